The lowest BCUT2D eigenvalue weighted by atomic mass is 10.0. The number of carbonyl (C=O) groups is 10. The summed E-state index contributed by atoms with van der Waals surface area (Å²) in [6.07, 6.45) is -1.65. The predicted octanol–water partition coefficient (Wildman–Crippen LogP) is -0.0514. The van der Waals surface area contributed by atoms with Gasteiger partial charge in [-0.1, -0.05) is 0 Å². The molecule has 0 saturated heterocycles. The number of amides is 4. The second kappa shape index (κ2) is 22.4. The standard InChI is InChI=1S/C32H51N5O10/c1-18(38)8-24(33-7)14-29(44)35-26(11-21(4)41)16-31(46)37-28(13-23(6)43)17-32(47)36-27(12-22(5)42)15-30(45)34-25(9-19(2)39)10-20(3)40/h24-28,33H,8-17H2,1-7H3,(H,34,45)(H,35,44)(H,36,47)(H,37,46). The van der Waals surface area contributed by atoms with Gasteiger partial charge in [-0.05, 0) is 48.6 Å². The number of rotatable bonds is 25. The molecule has 4 amide bonds. The van der Waals surface area contributed by atoms with Crippen molar-refractivity contribution in [2.45, 2.75) is 136 Å². The molecule has 0 fully saturated rings. The van der Waals surface area contributed by atoms with Crippen LogP contribution in [0.15, 0.2) is 0 Å². The quantitative estimate of drug-likeness (QED) is 0.0868. The number of hydrogen-bond acceptors (Lipinski definition) is 11. The predicted molar refractivity (Wildman–Crippen MR) is 171 cm³/mol. The summed E-state index contributed by atoms with van der Waals surface area (Å²) in [6.45, 7) is 7.90. The van der Waals surface area contributed by atoms with Gasteiger partial charge < -0.3 is 26.6 Å². The maximum atomic E-state index is 13.0. The maximum absolute atomic E-state index is 13.0. The Morgan fingerprint density at radius 3 is 0.681 bits per heavy atom. The Hall–Kier alpha value is -4.14. The molecule has 0 aromatic heterocycles. The Balaban J connectivity index is 5.52. The third-order valence-electron chi connectivity index (χ3n) is 6.80. The fourth-order valence-corrected chi connectivity index (χ4v) is 5.10. The van der Waals surface area contributed by atoms with E-state index in [0.717, 1.165) is 0 Å². The molecule has 0 aliphatic rings. The highest BCUT2D eigenvalue weighted by Gasteiger charge is 2.26. The van der Waals surface area contributed by atoms with Crippen LogP contribution in [-0.2, 0) is 47.9 Å². The van der Waals surface area contributed by atoms with Crippen LogP contribution in [0, 0.1) is 0 Å². The van der Waals surface area contributed by atoms with Crippen LogP contribution < -0.4 is 26.6 Å². The van der Waals surface area contributed by atoms with Crippen molar-refractivity contribution in [2.75, 3.05) is 7.05 Å². The highest BCUT2D eigenvalue weighted by molar-refractivity contribution is 5.87. The van der Waals surface area contributed by atoms with E-state index < -0.39 is 53.8 Å². The summed E-state index contributed by atoms with van der Waals surface area (Å²) in [5.41, 5.74) is 0. The van der Waals surface area contributed by atoms with Gasteiger partial charge in [0.05, 0.1) is 0 Å². The molecule has 0 aliphatic heterocycles. The van der Waals surface area contributed by atoms with E-state index in [1.807, 2.05) is 0 Å². The summed E-state index contributed by atoms with van der Waals surface area (Å²) < 4.78 is 0. The van der Waals surface area contributed by atoms with E-state index in [-0.39, 0.29) is 98.9 Å². The fraction of sp³-hybridized carbons (Fsp3) is 0.688. The van der Waals surface area contributed by atoms with Gasteiger partial charge >= 0.3 is 0 Å². The molecule has 5 N–H and O–H groups in total. The van der Waals surface area contributed by atoms with Crippen LogP contribution in [-0.4, -0.2) is 95.6 Å². The van der Waals surface area contributed by atoms with Crippen molar-refractivity contribution in [3.05, 3.63) is 0 Å². The van der Waals surface area contributed by atoms with Gasteiger partial charge in [0, 0.05) is 94.4 Å². The molecule has 0 rings (SSSR count). The minimum absolute atomic E-state index is 0.0607. The Labute approximate surface area is 275 Å². The number of carbonyl (C=O) groups excluding carboxylic acids is 10. The molecule has 0 radical (unpaired) electrons. The third-order valence-corrected chi connectivity index (χ3v) is 6.80. The molecule has 0 aliphatic carbocycles. The van der Waals surface area contributed by atoms with E-state index in [9.17, 15) is 47.9 Å². The van der Waals surface area contributed by atoms with Gasteiger partial charge in [-0.25, -0.2) is 0 Å². The third kappa shape index (κ3) is 22.9. The van der Waals surface area contributed by atoms with Gasteiger partial charge in [-0.2, -0.15) is 0 Å². The molecule has 264 valence electrons. The number of ketones is 6. The molecule has 0 bridgehead atoms. The molecule has 15 heteroatoms. The molecule has 0 heterocycles. The van der Waals surface area contributed by atoms with Gasteiger partial charge in [0.2, 0.25) is 23.6 Å². The van der Waals surface area contributed by atoms with E-state index >= 15 is 0 Å². The van der Waals surface area contributed by atoms with Crippen molar-refractivity contribution >= 4 is 58.3 Å². The molecular weight excluding hydrogens is 614 g/mol. The molecule has 47 heavy (non-hydrogen) atoms. The zero-order valence-corrected chi connectivity index (χ0v) is 28.5. The first-order valence-corrected chi connectivity index (χ1v) is 15.6. The first-order valence-electron chi connectivity index (χ1n) is 15.6. The van der Waals surface area contributed by atoms with Gasteiger partial charge in [-0.15, -0.1) is 0 Å². The lowest BCUT2D eigenvalue weighted by Gasteiger charge is -2.23. The van der Waals surface area contributed by atoms with E-state index in [1.54, 1.807) is 7.05 Å². The Morgan fingerprint density at radius 1 is 0.319 bits per heavy atom. The Morgan fingerprint density at radius 2 is 0.489 bits per heavy atom. The summed E-state index contributed by atoms with van der Waals surface area (Å²) in [4.78, 5) is 121. The van der Waals surface area contributed by atoms with Crippen molar-refractivity contribution in [2.24, 2.45) is 0 Å². The van der Waals surface area contributed by atoms with Crippen molar-refractivity contribution in [3.63, 3.8) is 0 Å². The molecule has 0 aromatic carbocycles. The van der Waals surface area contributed by atoms with Crippen molar-refractivity contribution in [3.8, 4) is 0 Å². The van der Waals surface area contributed by atoms with Crippen LogP contribution in [0.25, 0.3) is 0 Å². The highest BCUT2D eigenvalue weighted by atomic mass is 16.2. The zero-order valence-electron chi connectivity index (χ0n) is 28.5. The zero-order chi connectivity index (χ0) is 36.3. The highest BCUT2D eigenvalue weighted by Crippen LogP contribution is 2.09. The Kier molecular flexibility index (Phi) is 20.4. The van der Waals surface area contributed by atoms with Gasteiger partial charge in [0.25, 0.3) is 0 Å². The maximum Gasteiger partial charge on any atom is 0.222 e. The van der Waals surface area contributed by atoms with Crippen LogP contribution in [0.4, 0.5) is 0 Å². The largest absolute Gasteiger partial charge is 0.352 e. The summed E-state index contributed by atoms with van der Waals surface area (Å²) in [7, 11) is 1.60. The number of Topliss-reactive ketones (excluding diaryl/α,β-unsaturated/α-hetero) is 6. The molecule has 0 saturated carbocycles. The monoisotopic (exact) mass is 665 g/mol. The molecule has 0 spiro atoms. The number of hydrogen-bond donors (Lipinski definition) is 5. The number of nitrogens with one attached hydrogen (secondary N) is 5. The SMILES string of the molecule is CNC(CC(C)=O)CC(=O)NC(CC(C)=O)CC(=O)NC(CC(C)=O)CC(=O)NC(CC(C)=O)CC(=O)NC(CC(C)=O)CC(C)=O. The lowest BCUT2D eigenvalue weighted by molar-refractivity contribution is -0.127. The van der Waals surface area contributed by atoms with Gasteiger partial charge in [0.1, 0.15) is 34.7 Å². The van der Waals surface area contributed by atoms with Crippen LogP contribution >= 0.6 is 0 Å². The first kappa shape index (κ1) is 42.9. The van der Waals surface area contributed by atoms with Crippen molar-refractivity contribution < 1.29 is 47.9 Å². The second-order valence-corrected chi connectivity index (χ2v) is 12.3. The molecule has 0 aromatic rings. The van der Waals surface area contributed by atoms with E-state index in [4.69, 9.17) is 0 Å². The minimum atomic E-state index is -0.972. The van der Waals surface area contributed by atoms with Gasteiger partial charge in [-0.3, -0.25) is 47.9 Å². The normalized spacial score (nSPS) is 13.4. The first-order chi connectivity index (χ1) is 21.8. The Bertz CT molecular complexity index is 1170. The van der Waals surface area contributed by atoms with Crippen molar-refractivity contribution in [1.29, 1.82) is 0 Å². The van der Waals surface area contributed by atoms with E-state index in [0.29, 0.717) is 0 Å². The molecule has 15 nitrogen and oxygen atoms in total. The summed E-state index contributed by atoms with van der Waals surface area (Å²) in [6, 6.07) is -3.96. The fourth-order valence-electron chi connectivity index (χ4n) is 5.10. The van der Waals surface area contributed by atoms with Crippen molar-refractivity contribution in [1.82, 2.24) is 26.6 Å². The second-order valence-electron chi connectivity index (χ2n) is 12.3. The minimum Gasteiger partial charge on any atom is -0.352 e. The average Bonchev–Trinajstić information content (AvgIpc) is 2.85. The van der Waals surface area contributed by atoms with Crippen LogP contribution in [0.5, 0.6) is 0 Å². The molecule has 4 unspecified atom stereocenters. The van der Waals surface area contributed by atoms with Crippen LogP contribution in [0.2, 0.25) is 0 Å². The summed E-state index contributed by atoms with van der Waals surface area (Å²) >= 11 is 0. The molecular formula is C32H51N5O10. The van der Waals surface area contributed by atoms with E-state index in [1.165, 1.54) is 41.5 Å². The summed E-state index contributed by atoms with van der Waals surface area (Å²) in [5.74, 6) is -3.86. The molecule has 4 atom stereocenters. The lowest BCUT2D eigenvalue weighted by Crippen LogP contribution is -2.47. The topological polar surface area (TPSA) is 231 Å². The van der Waals surface area contributed by atoms with Crippen LogP contribution in [0.1, 0.15) is 106 Å². The summed E-state index contributed by atoms with van der Waals surface area (Å²) in [5, 5.41) is 13.3. The van der Waals surface area contributed by atoms with Gasteiger partial charge in [0.15, 0.2) is 0 Å². The average molecular weight is 666 g/mol. The van der Waals surface area contributed by atoms with Crippen LogP contribution in [0.3, 0.4) is 0 Å². The van der Waals surface area contributed by atoms with E-state index in [2.05, 4.69) is 26.6 Å². The smallest absolute Gasteiger partial charge is 0.222 e.